The second-order valence-electron chi connectivity index (χ2n) is 11.2. The van der Waals surface area contributed by atoms with Crippen molar-refractivity contribution >= 4 is 40.2 Å². The van der Waals surface area contributed by atoms with Crippen molar-refractivity contribution < 1.29 is 29.0 Å². The number of esters is 1. The summed E-state index contributed by atoms with van der Waals surface area (Å²) >= 11 is 0. The van der Waals surface area contributed by atoms with Crippen molar-refractivity contribution in [2.45, 2.75) is 57.2 Å². The maximum Gasteiger partial charge on any atom is 0.305 e. The third-order valence-electron chi connectivity index (χ3n) is 7.98. The summed E-state index contributed by atoms with van der Waals surface area (Å²) in [6, 6.07) is 19.3. The molecular formula is C36H41N3O6. The van der Waals surface area contributed by atoms with Crippen molar-refractivity contribution in [2.24, 2.45) is 5.92 Å². The molecule has 1 heterocycles. The molecule has 0 aliphatic carbocycles. The lowest BCUT2D eigenvalue weighted by atomic mass is 9.92. The highest BCUT2D eigenvalue weighted by molar-refractivity contribution is 5.99. The van der Waals surface area contributed by atoms with E-state index >= 15 is 0 Å². The van der Waals surface area contributed by atoms with Crippen molar-refractivity contribution in [3.05, 3.63) is 103 Å². The van der Waals surface area contributed by atoms with E-state index in [0.717, 1.165) is 21.9 Å². The number of aliphatic hydroxyl groups excluding tert-OH is 1. The molecule has 3 N–H and O–H groups in total. The number of carbonyl (C=O) groups is 4. The van der Waals surface area contributed by atoms with Gasteiger partial charge in [-0.2, -0.15) is 0 Å². The molecule has 0 aromatic heterocycles. The summed E-state index contributed by atoms with van der Waals surface area (Å²) in [6.07, 6.45) is 5.18. The highest BCUT2D eigenvalue weighted by Crippen LogP contribution is 2.25. The molecule has 9 nitrogen and oxygen atoms in total. The van der Waals surface area contributed by atoms with Gasteiger partial charge in [-0.25, -0.2) is 0 Å². The van der Waals surface area contributed by atoms with Gasteiger partial charge in [-0.15, -0.1) is 13.2 Å². The maximum absolute atomic E-state index is 13.6. The van der Waals surface area contributed by atoms with E-state index in [9.17, 15) is 24.3 Å². The fourth-order valence-corrected chi connectivity index (χ4v) is 5.46. The lowest BCUT2D eigenvalue weighted by Gasteiger charge is -2.36. The normalized spacial score (nSPS) is 15.3. The lowest BCUT2D eigenvalue weighted by Crippen LogP contribution is -2.50. The molecule has 0 saturated carbocycles. The number of carbonyl (C=O) groups excluding carboxylic acids is 4. The average Bonchev–Trinajstić information content (AvgIpc) is 3.05. The molecule has 3 aromatic carbocycles. The summed E-state index contributed by atoms with van der Waals surface area (Å²) in [5, 5.41) is 17.5. The molecule has 3 unspecified atom stereocenters. The second-order valence-corrected chi connectivity index (χ2v) is 11.2. The summed E-state index contributed by atoms with van der Waals surface area (Å²) in [6.45, 7) is 7.16. The molecule has 0 bridgehead atoms. The first-order valence-electron chi connectivity index (χ1n) is 15.3. The summed E-state index contributed by atoms with van der Waals surface area (Å²) in [5.41, 5.74) is 2.61. The van der Waals surface area contributed by atoms with Crippen molar-refractivity contribution in [1.29, 1.82) is 0 Å². The Hall–Kier alpha value is -4.76. The first-order valence-corrected chi connectivity index (χ1v) is 15.3. The number of hydrogen-bond acceptors (Lipinski definition) is 6. The summed E-state index contributed by atoms with van der Waals surface area (Å²) in [7, 11) is 0. The molecule has 0 fully saturated rings. The number of ether oxygens (including phenoxy) is 1. The lowest BCUT2D eigenvalue weighted by molar-refractivity contribution is -0.146. The van der Waals surface area contributed by atoms with E-state index in [0.29, 0.717) is 31.5 Å². The molecule has 9 heteroatoms. The number of anilines is 1. The van der Waals surface area contributed by atoms with Crippen LogP contribution in [0.2, 0.25) is 0 Å². The molecule has 3 aromatic rings. The molecule has 45 heavy (non-hydrogen) atoms. The highest BCUT2D eigenvalue weighted by atomic mass is 16.5. The Morgan fingerprint density at radius 2 is 1.69 bits per heavy atom. The summed E-state index contributed by atoms with van der Waals surface area (Å²) < 4.78 is 5.39. The molecule has 236 valence electrons. The van der Waals surface area contributed by atoms with Crippen molar-refractivity contribution in [3.8, 4) is 0 Å². The zero-order valence-electron chi connectivity index (χ0n) is 25.5. The minimum absolute atomic E-state index is 0.142. The van der Waals surface area contributed by atoms with Crippen LogP contribution in [0.4, 0.5) is 5.69 Å². The molecular weight excluding hydrogens is 570 g/mol. The summed E-state index contributed by atoms with van der Waals surface area (Å²) in [4.78, 5) is 54.5. The first kappa shape index (κ1) is 33.1. The smallest absolute Gasteiger partial charge is 0.305 e. The van der Waals surface area contributed by atoms with Gasteiger partial charge in [0, 0.05) is 25.1 Å². The van der Waals surface area contributed by atoms with Crippen LogP contribution in [0.25, 0.3) is 10.8 Å². The predicted octanol–water partition coefficient (Wildman–Crippen LogP) is 4.69. The number of allylic oxidation sites excluding steroid dienone is 2. The Balaban J connectivity index is 1.47. The van der Waals surface area contributed by atoms with Crippen LogP contribution >= 0.6 is 0 Å². The van der Waals surface area contributed by atoms with E-state index in [4.69, 9.17) is 4.74 Å². The number of hydrogen-bond donors (Lipinski definition) is 3. The second kappa shape index (κ2) is 16.4. The average molecular weight is 612 g/mol. The van der Waals surface area contributed by atoms with Crippen LogP contribution in [-0.2, 0) is 36.9 Å². The summed E-state index contributed by atoms with van der Waals surface area (Å²) in [5.74, 6) is -2.70. The van der Waals surface area contributed by atoms with Gasteiger partial charge in [0.1, 0.15) is 12.6 Å². The number of amides is 3. The fraction of sp³-hybridized carbons (Fsp3) is 0.333. The van der Waals surface area contributed by atoms with Crippen molar-refractivity contribution in [3.63, 3.8) is 0 Å². The van der Waals surface area contributed by atoms with Gasteiger partial charge in [0.25, 0.3) is 5.91 Å². The topological polar surface area (TPSA) is 125 Å². The van der Waals surface area contributed by atoms with E-state index in [1.54, 1.807) is 23.1 Å². The van der Waals surface area contributed by atoms with E-state index < -0.39 is 35.8 Å². The number of aliphatic hydroxyl groups is 1. The van der Waals surface area contributed by atoms with Crippen LogP contribution in [0, 0.1) is 5.92 Å². The maximum atomic E-state index is 13.6. The predicted molar refractivity (Wildman–Crippen MR) is 174 cm³/mol. The Morgan fingerprint density at radius 1 is 0.956 bits per heavy atom. The number of unbranched alkanes of at least 4 members (excludes halogenated alkanes) is 1. The molecule has 0 radical (unpaired) electrons. The van der Waals surface area contributed by atoms with Crippen LogP contribution in [-0.4, -0.2) is 59.0 Å². The zero-order valence-corrected chi connectivity index (χ0v) is 25.5. The number of fused-ring (bicyclic) bond motifs is 2. The minimum Gasteiger partial charge on any atom is -0.463 e. The Morgan fingerprint density at radius 3 is 2.42 bits per heavy atom. The van der Waals surface area contributed by atoms with Gasteiger partial charge in [0.2, 0.25) is 11.8 Å². The molecule has 0 spiro atoms. The zero-order chi connectivity index (χ0) is 32.2. The minimum atomic E-state index is -1.21. The van der Waals surface area contributed by atoms with Gasteiger partial charge in [0.15, 0.2) is 0 Å². The standard InChI is InChI=1S/C36H41N3O6/c1-3-5-6-16-34(42)45-24-32(36(44)37-30-18-17-25-12-7-8-13-26(25)19-30)38-35(43)28(11-4-2)21-33(41)39-22-29-15-10-9-14-27(29)20-31(39)23-40/h3-4,7-10,12-15,17-19,28,31-32,40H,1-2,5-6,11,16,20-24H2,(H,37,44)(H,38,43). The molecule has 1 aliphatic heterocycles. The highest BCUT2D eigenvalue weighted by Gasteiger charge is 2.33. The molecule has 3 atom stereocenters. The van der Waals surface area contributed by atoms with Crippen LogP contribution < -0.4 is 10.6 Å². The molecule has 3 amide bonds. The van der Waals surface area contributed by atoms with Gasteiger partial charge < -0.3 is 25.4 Å². The van der Waals surface area contributed by atoms with Gasteiger partial charge in [-0.1, -0.05) is 66.7 Å². The van der Waals surface area contributed by atoms with Crippen LogP contribution in [0.15, 0.2) is 92.0 Å². The molecule has 1 aliphatic rings. The quantitative estimate of drug-likeness (QED) is 0.130. The Bertz CT molecular complexity index is 1540. The SMILES string of the molecule is C=CCCCC(=O)OCC(NC(=O)C(CC=C)CC(=O)N1Cc2ccccc2CC1CO)C(=O)Nc1ccc2ccccc2c1. The fourth-order valence-electron chi connectivity index (χ4n) is 5.46. The monoisotopic (exact) mass is 611 g/mol. The third kappa shape index (κ3) is 9.12. The largest absolute Gasteiger partial charge is 0.463 e. The first-order chi connectivity index (χ1) is 21.8. The van der Waals surface area contributed by atoms with Gasteiger partial charge in [0.05, 0.1) is 18.6 Å². The number of rotatable bonds is 15. The molecule has 4 rings (SSSR count). The Kier molecular flexibility index (Phi) is 12.0. The van der Waals surface area contributed by atoms with Gasteiger partial charge >= 0.3 is 5.97 Å². The van der Waals surface area contributed by atoms with Crippen molar-refractivity contribution in [1.82, 2.24) is 10.2 Å². The molecule has 0 saturated heterocycles. The van der Waals surface area contributed by atoms with Gasteiger partial charge in [-0.3, -0.25) is 19.2 Å². The van der Waals surface area contributed by atoms with E-state index in [1.807, 2.05) is 60.7 Å². The van der Waals surface area contributed by atoms with Crippen molar-refractivity contribution in [2.75, 3.05) is 18.5 Å². The Labute approximate surface area is 263 Å². The van der Waals surface area contributed by atoms with Gasteiger partial charge in [-0.05, 0) is 59.7 Å². The van der Waals surface area contributed by atoms with Crippen LogP contribution in [0.1, 0.15) is 43.2 Å². The number of nitrogens with zero attached hydrogens (tertiary/aromatic N) is 1. The van der Waals surface area contributed by atoms with E-state index in [-0.39, 0.29) is 38.4 Å². The van der Waals surface area contributed by atoms with E-state index in [2.05, 4.69) is 23.8 Å². The van der Waals surface area contributed by atoms with Crippen LogP contribution in [0.3, 0.4) is 0 Å². The number of nitrogens with one attached hydrogen (secondary N) is 2. The third-order valence-corrected chi connectivity index (χ3v) is 7.98. The van der Waals surface area contributed by atoms with E-state index in [1.165, 1.54) is 0 Å². The number of benzene rings is 3. The van der Waals surface area contributed by atoms with Crippen LogP contribution in [0.5, 0.6) is 0 Å².